The summed E-state index contributed by atoms with van der Waals surface area (Å²) in [6.07, 6.45) is -1.27. The lowest BCUT2D eigenvalue weighted by molar-refractivity contribution is -0.141. The number of alkyl halides is 3. The van der Waals surface area contributed by atoms with Gasteiger partial charge in [0.05, 0.1) is 19.9 Å². The maximum Gasteiger partial charge on any atom is 0.433 e. The molecular weight excluding hydrogens is 453 g/mol. The van der Waals surface area contributed by atoms with Gasteiger partial charge in [-0.15, -0.1) is 0 Å². The number of hydrogen-bond acceptors (Lipinski definition) is 7. The summed E-state index contributed by atoms with van der Waals surface area (Å²) in [5.74, 6) is 0.685. The lowest BCUT2D eigenvalue weighted by atomic mass is 10.2. The number of aromatic nitrogens is 3. The van der Waals surface area contributed by atoms with Crippen molar-refractivity contribution in [1.29, 1.82) is 0 Å². The van der Waals surface area contributed by atoms with Crippen molar-refractivity contribution in [3.05, 3.63) is 66.2 Å². The van der Waals surface area contributed by atoms with Gasteiger partial charge in [0.1, 0.15) is 22.8 Å². The number of hydrogen-bond donors (Lipinski definition) is 0. The molecule has 0 aliphatic carbocycles. The molecule has 0 saturated carbocycles. The summed E-state index contributed by atoms with van der Waals surface area (Å²) in [5, 5.41) is 0. The Kier molecular flexibility index (Phi) is 7.23. The molecule has 0 N–H and O–H groups in total. The largest absolute Gasteiger partial charge is 0.497 e. The number of carbonyl (C=O) groups is 1. The third-order valence-electron chi connectivity index (χ3n) is 4.26. The highest BCUT2D eigenvalue weighted by molar-refractivity contribution is 5.87. The Labute approximate surface area is 194 Å². The Morgan fingerprint density at radius 2 is 1.53 bits per heavy atom. The van der Waals surface area contributed by atoms with Crippen molar-refractivity contribution in [3.63, 3.8) is 0 Å². The number of nitrogens with zero attached hydrogens (tertiary/aromatic N) is 4. The predicted octanol–water partition coefficient (Wildman–Crippen LogP) is 5.63. The van der Waals surface area contributed by atoms with Gasteiger partial charge >= 0.3 is 18.3 Å². The van der Waals surface area contributed by atoms with Crippen LogP contribution in [-0.4, -0.2) is 33.8 Å². The van der Waals surface area contributed by atoms with Crippen molar-refractivity contribution in [3.8, 4) is 17.5 Å². The Morgan fingerprint density at radius 3 is 2.03 bits per heavy atom. The zero-order valence-electron chi connectivity index (χ0n) is 19.0. The van der Waals surface area contributed by atoms with Crippen LogP contribution >= 0.6 is 0 Å². The van der Waals surface area contributed by atoms with Crippen molar-refractivity contribution in [2.45, 2.75) is 39.1 Å². The molecule has 0 spiro atoms. The maximum atomic E-state index is 12.8. The lowest BCUT2D eigenvalue weighted by Gasteiger charge is -2.27. The Hall–Kier alpha value is -3.89. The second kappa shape index (κ2) is 9.94. The van der Waals surface area contributed by atoms with E-state index < -0.39 is 23.6 Å². The minimum atomic E-state index is -4.54. The van der Waals surface area contributed by atoms with E-state index in [0.29, 0.717) is 17.0 Å². The monoisotopic (exact) mass is 476 g/mol. The van der Waals surface area contributed by atoms with Crippen LogP contribution in [0, 0.1) is 0 Å². The Bertz CT molecular complexity index is 1100. The molecular formula is C23H23F3N4O4. The lowest BCUT2D eigenvalue weighted by Crippen LogP contribution is -2.36. The summed E-state index contributed by atoms with van der Waals surface area (Å²) in [7, 11) is 1.54. The van der Waals surface area contributed by atoms with E-state index in [-0.39, 0.29) is 18.3 Å². The molecule has 2 heterocycles. The molecule has 0 radical (unpaired) electrons. The smallest absolute Gasteiger partial charge is 0.433 e. The topological polar surface area (TPSA) is 86.7 Å². The second-order valence-corrected chi connectivity index (χ2v) is 8.12. The molecule has 3 rings (SSSR count). The van der Waals surface area contributed by atoms with Crippen LogP contribution in [0.25, 0.3) is 0 Å². The summed E-state index contributed by atoms with van der Waals surface area (Å²) in [6, 6.07) is 8.73. The van der Waals surface area contributed by atoms with Gasteiger partial charge < -0.3 is 14.2 Å². The van der Waals surface area contributed by atoms with Crippen LogP contribution in [0.15, 0.2) is 55.0 Å². The van der Waals surface area contributed by atoms with Crippen LogP contribution in [0.2, 0.25) is 0 Å². The minimum absolute atomic E-state index is 0.0503. The van der Waals surface area contributed by atoms with Crippen LogP contribution in [-0.2, 0) is 17.5 Å². The normalized spacial score (nSPS) is 11.6. The molecule has 3 aromatic rings. The Balaban J connectivity index is 1.75. The number of pyridine rings is 1. The molecule has 0 aliphatic heterocycles. The highest BCUT2D eigenvalue weighted by Crippen LogP contribution is 2.29. The summed E-state index contributed by atoms with van der Waals surface area (Å²) in [5.41, 5.74) is -0.589. The van der Waals surface area contributed by atoms with Gasteiger partial charge in [-0.25, -0.2) is 19.7 Å². The van der Waals surface area contributed by atoms with E-state index in [9.17, 15) is 18.0 Å². The summed E-state index contributed by atoms with van der Waals surface area (Å²) in [6.45, 7) is 5.40. The van der Waals surface area contributed by atoms with Gasteiger partial charge in [0.2, 0.25) is 0 Å². The van der Waals surface area contributed by atoms with E-state index in [1.54, 1.807) is 52.1 Å². The SMILES string of the molecule is COc1ccc(N(Cc2cnc(Oc3ccc(C(F)(F)F)nc3)nc2)C(=O)OC(C)(C)C)cc1. The maximum absolute atomic E-state index is 12.8. The molecule has 0 fully saturated rings. The van der Waals surface area contributed by atoms with Gasteiger partial charge in [0.15, 0.2) is 0 Å². The average molecular weight is 476 g/mol. The summed E-state index contributed by atoms with van der Waals surface area (Å²) < 4.78 is 53.9. The van der Waals surface area contributed by atoms with Crippen LogP contribution in [0.4, 0.5) is 23.7 Å². The predicted molar refractivity (Wildman–Crippen MR) is 117 cm³/mol. The van der Waals surface area contributed by atoms with E-state index in [1.807, 2.05) is 0 Å². The van der Waals surface area contributed by atoms with Gasteiger partial charge in [0.25, 0.3) is 0 Å². The molecule has 2 aromatic heterocycles. The number of amides is 1. The fourth-order valence-corrected chi connectivity index (χ4v) is 2.71. The summed E-state index contributed by atoms with van der Waals surface area (Å²) >= 11 is 0. The zero-order chi connectivity index (χ0) is 24.9. The van der Waals surface area contributed by atoms with Crippen LogP contribution in [0.3, 0.4) is 0 Å². The quantitative estimate of drug-likeness (QED) is 0.455. The zero-order valence-corrected chi connectivity index (χ0v) is 19.0. The van der Waals surface area contributed by atoms with E-state index >= 15 is 0 Å². The molecule has 180 valence electrons. The average Bonchev–Trinajstić information content (AvgIpc) is 2.77. The third-order valence-corrected chi connectivity index (χ3v) is 4.26. The van der Waals surface area contributed by atoms with Gasteiger partial charge in [-0.3, -0.25) is 4.90 Å². The first-order chi connectivity index (χ1) is 15.9. The number of carbonyl (C=O) groups excluding carboxylic acids is 1. The van der Waals surface area contributed by atoms with E-state index in [1.165, 1.54) is 17.3 Å². The van der Waals surface area contributed by atoms with E-state index in [4.69, 9.17) is 14.2 Å². The van der Waals surface area contributed by atoms with E-state index in [0.717, 1.165) is 18.3 Å². The molecule has 1 amide bonds. The molecule has 11 heteroatoms. The summed E-state index contributed by atoms with van der Waals surface area (Å²) in [4.78, 5) is 25.7. The van der Waals surface area contributed by atoms with Crippen LogP contribution < -0.4 is 14.4 Å². The fraction of sp³-hybridized carbons (Fsp3) is 0.304. The van der Waals surface area contributed by atoms with Crippen molar-refractivity contribution in [2.24, 2.45) is 0 Å². The third kappa shape index (κ3) is 6.80. The second-order valence-electron chi connectivity index (χ2n) is 8.12. The molecule has 8 nitrogen and oxygen atoms in total. The van der Waals surface area contributed by atoms with Crippen molar-refractivity contribution < 1.29 is 32.2 Å². The van der Waals surface area contributed by atoms with Crippen molar-refractivity contribution in [1.82, 2.24) is 15.0 Å². The van der Waals surface area contributed by atoms with Gasteiger partial charge in [-0.1, -0.05) is 0 Å². The molecule has 0 atom stereocenters. The van der Waals surface area contributed by atoms with E-state index in [2.05, 4.69) is 15.0 Å². The van der Waals surface area contributed by atoms with Gasteiger partial charge in [-0.05, 0) is 57.2 Å². The van der Waals surface area contributed by atoms with Crippen molar-refractivity contribution in [2.75, 3.05) is 12.0 Å². The van der Waals surface area contributed by atoms with Gasteiger partial charge in [0, 0.05) is 23.6 Å². The molecule has 0 saturated heterocycles. The Morgan fingerprint density at radius 1 is 0.912 bits per heavy atom. The highest BCUT2D eigenvalue weighted by Gasteiger charge is 2.32. The van der Waals surface area contributed by atoms with Crippen molar-refractivity contribution >= 4 is 11.8 Å². The number of halogens is 3. The first-order valence-electron chi connectivity index (χ1n) is 10.1. The number of anilines is 1. The number of methoxy groups -OCH3 is 1. The minimum Gasteiger partial charge on any atom is -0.497 e. The highest BCUT2D eigenvalue weighted by atomic mass is 19.4. The number of rotatable bonds is 6. The first kappa shape index (κ1) is 24.7. The molecule has 1 aromatic carbocycles. The molecule has 34 heavy (non-hydrogen) atoms. The number of ether oxygens (including phenoxy) is 3. The first-order valence-corrected chi connectivity index (χ1v) is 10.1. The molecule has 0 unspecified atom stereocenters. The van der Waals surface area contributed by atoms with Crippen LogP contribution in [0.5, 0.6) is 17.5 Å². The fourth-order valence-electron chi connectivity index (χ4n) is 2.71. The molecule has 0 bridgehead atoms. The number of benzene rings is 1. The molecule has 0 aliphatic rings. The van der Waals surface area contributed by atoms with Crippen LogP contribution in [0.1, 0.15) is 32.0 Å². The standard InChI is InChI=1S/C23H23F3N4O4/c1-22(2,3)34-21(31)30(16-5-7-17(32-4)8-6-16)14-15-11-28-20(29-12-15)33-18-9-10-19(27-13-18)23(24,25)26/h5-13H,14H2,1-4H3. The van der Waals surface area contributed by atoms with Gasteiger partial charge in [-0.2, -0.15) is 13.2 Å².